The Morgan fingerprint density at radius 3 is 2.78 bits per heavy atom. The molecule has 0 unspecified atom stereocenters. The summed E-state index contributed by atoms with van der Waals surface area (Å²) >= 11 is 0. The van der Waals surface area contributed by atoms with E-state index >= 15 is 0 Å². The Hall–Kier alpha value is -2.11. The highest BCUT2D eigenvalue weighted by Gasteiger charge is 2.06. The van der Waals surface area contributed by atoms with Gasteiger partial charge in [0.05, 0.1) is 19.9 Å². The van der Waals surface area contributed by atoms with Crippen LogP contribution in [-0.2, 0) is 18.3 Å². The highest BCUT2D eigenvalue weighted by molar-refractivity contribution is 5.57. The standard InChI is InChI=1S/C18H25N3O2/c1-20-14-16(13-19-20)15-21(11-12-22-2)10-6-8-17-7-4-5-9-18(17)23-3/h4-9,13-14H,10-12,15H2,1-3H3/b8-6+. The number of rotatable bonds is 9. The van der Waals surface area contributed by atoms with Gasteiger partial charge in [0.1, 0.15) is 5.75 Å². The summed E-state index contributed by atoms with van der Waals surface area (Å²) in [7, 11) is 5.36. The first-order valence-corrected chi connectivity index (χ1v) is 7.71. The molecule has 0 bridgehead atoms. The summed E-state index contributed by atoms with van der Waals surface area (Å²) in [4.78, 5) is 2.33. The molecule has 2 aromatic rings. The van der Waals surface area contributed by atoms with Gasteiger partial charge < -0.3 is 9.47 Å². The molecule has 0 spiro atoms. The van der Waals surface area contributed by atoms with Crippen LogP contribution in [0.5, 0.6) is 5.75 Å². The van der Waals surface area contributed by atoms with Crippen molar-refractivity contribution in [1.82, 2.24) is 14.7 Å². The summed E-state index contributed by atoms with van der Waals surface area (Å²) in [6.07, 6.45) is 8.21. The van der Waals surface area contributed by atoms with E-state index < -0.39 is 0 Å². The molecule has 0 amide bonds. The molecule has 2 rings (SSSR count). The van der Waals surface area contributed by atoms with Crippen molar-refractivity contribution in [1.29, 1.82) is 0 Å². The molecule has 0 saturated carbocycles. The summed E-state index contributed by atoms with van der Waals surface area (Å²) in [6.45, 7) is 3.29. The van der Waals surface area contributed by atoms with Gasteiger partial charge in [0.2, 0.25) is 0 Å². The predicted molar refractivity (Wildman–Crippen MR) is 92.4 cm³/mol. The molecule has 5 nitrogen and oxygen atoms in total. The van der Waals surface area contributed by atoms with E-state index in [0.717, 1.165) is 30.9 Å². The average molecular weight is 315 g/mol. The number of ether oxygens (including phenoxy) is 2. The third-order valence-electron chi connectivity index (χ3n) is 3.58. The van der Waals surface area contributed by atoms with Gasteiger partial charge in [-0.05, 0) is 6.07 Å². The molecule has 0 saturated heterocycles. The molecular formula is C18H25N3O2. The fourth-order valence-electron chi connectivity index (χ4n) is 2.40. The van der Waals surface area contributed by atoms with Crippen LogP contribution in [0.2, 0.25) is 0 Å². The summed E-state index contributed by atoms with van der Waals surface area (Å²) < 4.78 is 12.4. The number of para-hydroxylation sites is 1. The second-order valence-electron chi connectivity index (χ2n) is 5.39. The molecule has 1 aromatic carbocycles. The molecule has 23 heavy (non-hydrogen) atoms. The molecule has 1 aromatic heterocycles. The second kappa shape index (κ2) is 9.12. The number of methoxy groups -OCH3 is 2. The summed E-state index contributed by atoms with van der Waals surface area (Å²) in [5, 5.41) is 4.22. The van der Waals surface area contributed by atoms with Crippen LogP contribution in [0.3, 0.4) is 0 Å². The number of benzene rings is 1. The minimum atomic E-state index is 0.711. The summed E-state index contributed by atoms with van der Waals surface area (Å²) in [5.41, 5.74) is 2.29. The molecule has 124 valence electrons. The minimum absolute atomic E-state index is 0.711. The van der Waals surface area contributed by atoms with Gasteiger partial charge in [0.25, 0.3) is 0 Å². The van der Waals surface area contributed by atoms with Crippen molar-refractivity contribution >= 4 is 6.08 Å². The molecule has 0 N–H and O–H groups in total. The van der Waals surface area contributed by atoms with Gasteiger partial charge in [-0.15, -0.1) is 0 Å². The van der Waals surface area contributed by atoms with Gasteiger partial charge in [-0.1, -0.05) is 30.4 Å². The Morgan fingerprint density at radius 1 is 1.26 bits per heavy atom. The monoisotopic (exact) mass is 315 g/mol. The van der Waals surface area contributed by atoms with Crippen LogP contribution >= 0.6 is 0 Å². The lowest BCUT2D eigenvalue weighted by molar-refractivity contribution is 0.151. The summed E-state index contributed by atoms with van der Waals surface area (Å²) in [5.74, 6) is 0.888. The van der Waals surface area contributed by atoms with Gasteiger partial charge in [0, 0.05) is 51.1 Å². The maximum Gasteiger partial charge on any atom is 0.126 e. The lowest BCUT2D eigenvalue weighted by Crippen LogP contribution is -2.27. The molecule has 0 aliphatic rings. The zero-order chi connectivity index (χ0) is 16.5. The van der Waals surface area contributed by atoms with Crippen LogP contribution in [-0.4, -0.2) is 48.6 Å². The molecule has 5 heteroatoms. The van der Waals surface area contributed by atoms with Crippen molar-refractivity contribution in [2.45, 2.75) is 6.54 Å². The first kappa shape index (κ1) is 17.2. The fourth-order valence-corrected chi connectivity index (χ4v) is 2.40. The third-order valence-corrected chi connectivity index (χ3v) is 3.58. The van der Waals surface area contributed by atoms with Crippen molar-refractivity contribution < 1.29 is 9.47 Å². The maximum absolute atomic E-state index is 5.37. The number of hydrogen-bond acceptors (Lipinski definition) is 4. The van der Waals surface area contributed by atoms with Gasteiger partial charge in [-0.25, -0.2) is 0 Å². The van der Waals surface area contributed by atoms with E-state index in [2.05, 4.69) is 28.2 Å². The topological polar surface area (TPSA) is 39.5 Å². The van der Waals surface area contributed by atoms with Crippen LogP contribution < -0.4 is 4.74 Å². The van der Waals surface area contributed by atoms with Gasteiger partial charge in [-0.2, -0.15) is 5.10 Å². The molecule has 0 atom stereocenters. The molecule has 0 radical (unpaired) electrons. The Labute approximate surface area is 138 Å². The Balaban J connectivity index is 1.98. The molecule has 1 heterocycles. The first-order chi connectivity index (χ1) is 11.2. The van der Waals surface area contributed by atoms with Gasteiger partial charge in [-0.3, -0.25) is 9.58 Å². The van der Waals surface area contributed by atoms with Crippen molar-refractivity contribution in [3.05, 3.63) is 53.9 Å². The van der Waals surface area contributed by atoms with Crippen LogP contribution in [0.15, 0.2) is 42.7 Å². The van der Waals surface area contributed by atoms with E-state index in [9.17, 15) is 0 Å². The molecule has 0 aliphatic carbocycles. The summed E-state index contributed by atoms with van der Waals surface area (Å²) in [6, 6.07) is 8.01. The molecule has 0 aliphatic heterocycles. The lowest BCUT2D eigenvalue weighted by Gasteiger charge is -2.19. The molecular weight excluding hydrogens is 290 g/mol. The fraction of sp³-hybridized carbons (Fsp3) is 0.389. The lowest BCUT2D eigenvalue weighted by atomic mass is 10.2. The number of aromatic nitrogens is 2. The smallest absolute Gasteiger partial charge is 0.126 e. The zero-order valence-corrected chi connectivity index (χ0v) is 14.1. The maximum atomic E-state index is 5.37. The quantitative estimate of drug-likeness (QED) is 0.713. The second-order valence-corrected chi connectivity index (χ2v) is 5.39. The molecule has 0 fully saturated rings. The zero-order valence-electron chi connectivity index (χ0n) is 14.1. The number of hydrogen-bond donors (Lipinski definition) is 0. The van der Waals surface area contributed by atoms with Crippen molar-refractivity contribution in [3.8, 4) is 5.75 Å². The predicted octanol–water partition coefficient (Wildman–Crippen LogP) is 2.59. The van der Waals surface area contributed by atoms with Crippen LogP contribution in [0.4, 0.5) is 0 Å². The highest BCUT2D eigenvalue weighted by atomic mass is 16.5. The van der Waals surface area contributed by atoms with Crippen molar-refractivity contribution in [3.63, 3.8) is 0 Å². The Morgan fingerprint density at radius 2 is 2.09 bits per heavy atom. The van der Waals surface area contributed by atoms with Crippen LogP contribution in [0, 0.1) is 0 Å². The number of nitrogens with zero attached hydrogens (tertiary/aromatic N) is 3. The Bertz CT molecular complexity index is 622. The number of aryl methyl sites for hydroxylation is 1. The van der Waals surface area contributed by atoms with Crippen LogP contribution in [0.1, 0.15) is 11.1 Å². The minimum Gasteiger partial charge on any atom is -0.496 e. The van der Waals surface area contributed by atoms with E-state index in [1.54, 1.807) is 14.2 Å². The van der Waals surface area contributed by atoms with E-state index in [4.69, 9.17) is 9.47 Å². The first-order valence-electron chi connectivity index (χ1n) is 7.71. The van der Waals surface area contributed by atoms with E-state index in [-0.39, 0.29) is 0 Å². The van der Waals surface area contributed by atoms with Crippen molar-refractivity contribution in [2.75, 3.05) is 33.9 Å². The largest absolute Gasteiger partial charge is 0.496 e. The van der Waals surface area contributed by atoms with Gasteiger partial charge in [0.15, 0.2) is 0 Å². The normalized spacial score (nSPS) is 11.5. The average Bonchev–Trinajstić information content (AvgIpc) is 2.97. The van der Waals surface area contributed by atoms with Crippen LogP contribution in [0.25, 0.3) is 6.08 Å². The SMILES string of the molecule is COCCN(C/C=C/c1ccccc1OC)Cc1cnn(C)c1. The van der Waals surface area contributed by atoms with Crippen molar-refractivity contribution in [2.24, 2.45) is 7.05 Å². The Kier molecular flexibility index (Phi) is 6.84. The van der Waals surface area contributed by atoms with E-state index in [0.29, 0.717) is 6.61 Å². The van der Waals surface area contributed by atoms with Gasteiger partial charge >= 0.3 is 0 Å². The third kappa shape index (κ3) is 5.54. The highest BCUT2D eigenvalue weighted by Crippen LogP contribution is 2.18. The van der Waals surface area contributed by atoms with E-state index in [1.165, 1.54) is 5.56 Å². The van der Waals surface area contributed by atoms with E-state index in [1.807, 2.05) is 42.3 Å².